The molecular formula is C27H27ClN2O3. The summed E-state index contributed by atoms with van der Waals surface area (Å²) < 4.78 is 0. The van der Waals surface area contributed by atoms with Gasteiger partial charge in [-0.1, -0.05) is 41.9 Å². The zero-order valence-corrected chi connectivity index (χ0v) is 19.1. The van der Waals surface area contributed by atoms with Gasteiger partial charge in [-0.2, -0.15) is 0 Å². The minimum atomic E-state index is -0.944. The Bertz CT molecular complexity index is 1120. The summed E-state index contributed by atoms with van der Waals surface area (Å²) in [5, 5.41) is 12.8. The van der Waals surface area contributed by atoms with E-state index in [0.29, 0.717) is 23.6 Å². The van der Waals surface area contributed by atoms with Crippen LogP contribution in [0.2, 0.25) is 5.02 Å². The second-order valence-corrected chi connectivity index (χ2v) is 8.73. The van der Waals surface area contributed by atoms with Gasteiger partial charge in [0.25, 0.3) is 5.91 Å². The summed E-state index contributed by atoms with van der Waals surface area (Å²) in [6.07, 6.45) is 4.11. The number of amides is 1. The summed E-state index contributed by atoms with van der Waals surface area (Å²) in [6.45, 7) is 2.38. The lowest BCUT2D eigenvalue weighted by atomic mass is 9.99. The predicted octanol–water partition coefficient (Wildman–Crippen LogP) is 5.67. The summed E-state index contributed by atoms with van der Waals surface area (Å²) in [5.74, 6) is -1.05. The lowest BCUT2D eigenvalue weighted by Gasteiger charge is -2.30. The number of piperidine rings is 1. The lowest BCUT2D eigenvalue weighted by molar-refractivity contribution is 0.0696. The summed E-state index contributed by atoms with van der Waals surface area (Å²) >= 11 is 6.04. The molecule has 1 aliphatic heterocycles. The molecule has 0 aliphatic carbocycles. The van der Waals surface area contributed by atoms with E-state index >= 15 is 0 Å². The van der Waals surface area contributed by atoms with Crippen molar-refractivity contribution >= 4 is 29.2 Å². The van der Waals surface area contributed by atoms with E-state index in [4.69, 9.17) is 16.7 Å². The van der Waals surface area contributed by atoms with Crippen LogP contribution in [-0.4, -0.2) is 36.6 Å². The normalized spacial score (nSPS) is 13.5. The Kier molecular flexibility index (Phi) is 7.30. The molecule has 0 atom stereocenters. The highest BCUT2D eigenvalue weighted by atomic mass is 35.5. The number of aromatic carboxylic acids is 1. The number of benzene rings is 3. The molecular weight excluding hydrogens is 436 g/mol. The monoisotopic (exact) mass is 462 g/mol. The molecule has 0 radical (unpaired) electrons. The zero-order valence-electron chi connectivity index (χ0n) is 18.4. The molecule has 0 bridgehead atoms. The quantitative estimate of drug-likeness (QED) is 0.474. The largest absolute Gasteiger partial charge is 0.478 e. The number of halogens is 1. The van der Waals surface area contributed by atoms with Crippen molar-refractivity contribution in [1.29, 1.82) is 0 Å². The Morgan fingerprint density at radius 3 is 2.21 bits per heavy atom. The second kappa shape index (κ2) is 10.5. The van der Waals surface area contributed by atoms with E-state index in [2.05, 4.69) is 22.3 Å². The number of carboxylic acid groups (broad SMARTS) is 1. The average Bonchev–Trinajstić information content (AvgIpc) is 2.85. The molecule has 2 N–H and O–H groups in total. The first-order valence-electron chi connectivity index (χ1n) is 11.3. The van der Waals surface area contributed by atoms with Gasteiger partial charge in [-0.05, 0) is 78.8 Å². The summed E-state index contributed by atoms with van der Waals surface area (Å²) in [5.41, 5.74) is 4.86. The molecule has 3 aromatic carbocycles. The molecule has 0 spiro atoms. The number of carboxylic acids is 1. The number of carbonyl (C=O) groups is 2. The molecule has 1 fully saturated rings. The van der Waals surface area contributed by atoms with E-state index in [-0.39, 0.29) is 11.5 Å². The smallest absolute Gasteiger partial charge is 0.335 e. The van der Waals surface area contributed by atoms with Crippen molar-refractivity contribution in [2.45, 2.75) is 25.7 Å². The van der Waals surface area contributed by atoms with Crippen LogP contribution in [0, 0.1) is 0 Å². The van der Waals surface area contributed by atoms with E-state index in [9.17, 15) is 9.59 Å². The van der Waals surface area contributed by atoms with Crippen LogP contribution in [0.15, 0.2) is 66.7 Å². The van der Waals surface area contributed by atoms with Gasteiger partial charge in [0.1, 0.15) is 0 Å². The van der Waals surface area contributed by atoms with Crippen molar-refractivity contribution in [3.8, 4) is 11.1 Å². The van der Waals surface area contributed by atoms with Crippen molar-refractivity contribution in [1.82, 2.24) is 5.32 Å². The maximum absolute atomic E-state index is 13.2. The molecule has 1 heterocycles. The second-order valence-electron chi connectivity index (χ2n) is 8.29. The van der Waals surface area contributed by atoms with Crippen LogP contribution in [0.3, 0.4) is 0 Å². The minimum Gasteiger partial charge on any atom is -0.478 e. The number of hydrogen-bond donors (Lipinski definition) is 2. The topological polar surface area (TPSA) is 69.6 Å². The van der Waals surface area contributed by atoms with Gasteiger partial charge < -0.3 is 15.3 Å². The number of rotatable bonds is 7. The van der Waals surface area contributed by atoms with Gasteiger partial charge >= 0.3 is 5.97 Å². The number of nitrogens with one attached hydrogen (secondary N) is 1. The molecule has 0 unspecified atom stereocenters. The van der Waals surface area contributed by atoms with E-state index in [1.165, 1.54) is 6.42 Å². The molecule has 1 aliphatic rings. The molecule has 0 aromatic heterocycles. The molecule has 33 heavy (non-hydrogen) atoms. The van der Waals surface area contributed by atoms with Crippen LogP contribution >= 0.6 is 11.6 Å². The fourth-order valence-electron chi connectivity index (χ4n) is 4.18. The molecule has 170 valence electrons. The van der Waals surface area contributed by atoms with Gasteiger partial charge in [0.05, 0.1) is 11.1 Å². The van der Waals surface area contributed by atoms with E-state index < -0.39 is 5.97 Å². The van der Waals surface area contributed by atoms with Gasteiger partial charge in [0, 0.05) is 30.3 Å². The van der Waals surface area contributed by atoms with Gasteiger partial charge in [0.2, 0.25) is 0 Å². The Labute approximate surface area is 199 Å². The molecule has 6 heteroatoms. The molecule has 1 amide bonds. The van der Waals surface area contributed by atoms with Gasteiger partial charge in [0.15, 0.2) is 0 Å². The molecule has 4 rings (SSSR count). The van der Waals surface area contributed by atoms with Crippen LogP contribution in [-0.2, 0) is 6.42 Å². The van der Waals surface area contributed by atoms with Crippen LogP contribution < -0.4 is 10.2 Å². The molecule has 0 saturated carbocycles. The summed E-state index contributed by atoms with van der Waals surface area (Å²) in [6, 6.07) is 20.4. The standard InChI is InChI=1S/C27H27ClN2O3/c28-23-11-8-20(9-12-23)22-10-13-25(30-16-2-1-3-17-30)24(18-22)26(31)29-15-14-19-4-6-21(7-5-19)27(32)33/h4-13,18H,1-3,14-17H2,(H,29,31)(H,32,33). The van der Waals surface area contributed by atoms with E-state index in [0.717, 1.165) is 48.3 Å². The van der Waals surface area contributed by atoms with Crippen LogP contribution in [0.4, 0.5) is 5.69 Å². The Hall–Kier alpha value is -3.31. The van der Waals surface area contributed by atoms with Gasteiger partial charge in [-0.3, -0.25) is 4.79 Å². The third-order valence-electron chi connectivity index (χ3n) is 6.02. The number of hydrogen-bond acceptors (Lipinski definition) is 3. The average molecular weight is 463 g/mol. The third kappa shape index (κ3) is 5.74. The maximum Gasteiger partial charge on any atom is 0.335 e. The predicted molar refractivity (Wildman–Crippen MR) is 132 cm³/mol. The first-order chi connectivity index (χ1) is 16.0. The lowest BCUT2D eigenvalue weighted by Crippen LogP contribution is -2.33. The van der Waals surface area contributed by atoms with Crippen LogP contribution in [0.25, 0.3) is 11.1 Å². The maximum atomic E-state index is 13.2. The van der Waals surface area contributed by atoms with E-state index in [1.54, 1.807) is 24.3 Å². The van der Waals surface area contributed by atoms with Crippen LogP contribution in [0.5, 0.6) is 0 Å². The van der Waals surface area contributed by atoms with Crippen molar-refractivity contribution in [3.05, 3.63) is 88.4 Å². The number of nitrogens with zero attached hydrogens (tertiary/aromatic N) is 1. The van der Waals surface area contributed by atoms with Crippen molar-refractivity contribution < 1.29 is 14.7 Å². The first kappa shape index (κ1) is 22.9. The zero-order chi connectivity index (χ0) is 23.2. The Morgan fingerprint density at radius 2 is 1.55 bits per heavy atom. The summed E-state index contributed by atoms with van der Waals surface area (Å²) in [4.78, 5) is 26.6. The molecule has 3 aromatic rings. The van der Waals surface area contributed by atoms with E-state index in [1.807, 2.05) is 30.3 Å². The SMILES string of the molecule is O=C(O)c1ccc(CCNC(=O)c2cc(-c3ccc(Cl)cc3)ccc2N2CCCCC2)cc1. The fraction of sp³-hybridized carbons (Fsp3) is 0.259. The number of carbonyl (C=O) groups excluding carboxylic acids is 1. The van der Waals surface area contributed by atoms with Crippen LogP contribution in [0.1, 0.15) is 45.5 Å². The summed E-state index contributed by atoms with van der Waals surface area (Å²) in [7, 11) is 0. The van der Waals surface area contributed by atoms with Gasteiger partial charge in [-0.15, -0.1) is 0 Å². The highest BCUT2D eigenvalue weighted by molar-refractivity contribution is 6.30. The molecule has 1 saturated heterocycles. The van der Waals surface area contributed by atoms with Crippen molar-refractivity contribution in [3.63, 3.8) is 0 Å². The Morgan fingerprint density at radius 1 is 0.879 bits per heavy atom. The molecule has 5 nitrogen and oxygen atoms in total. The van der Waals surface area contributed by atoms with Gasteiger partial charge in [-0.25, -0.2) is 4.79 Å². The van der Waals surface area contributed by atoms with Crippen molar-refractivity contribution in [2.24, 2.45) is 0 Å². The fourth-order valence-corrected chi connectivity index (χ4v) is 4.31. The first-order valence-corrected chi connectivity index (χ1v) is 11.6. The third-order valence-corrected chi connectivity index (χ3v) is 6.27. The highest BCUT2D eigenvalue weighted by Crippen LogP contribution is 2.30. The van der Waals surface area contributed by atoms with Crippen molar-refractivity contribution in [2.75, 3.05) is 24.5 Å². The Balaban J connectivity index is 1.52. The minimum absolute atomic E-state index is 0.103. The highest BCUT2D eigenvalue weighted by Gasteiger charge is 2.19. The number of anilines is 1.